The normalized spacial score (nSPS) is 16.7. The van der Waals surface area contributed by atoms with E-state index in [1.54, 1.807) is 6.07 Å². The molecule has 0 N–H and O–H groups in total. The molecule has 31 heavy (non-hydrogen) atoms. The Morgan fingerprint density at radius 2 is 1.90 bits per heavy atom. The third-order valence-electron chi connectivity index (χ3n) is 5.64. The minimum Gasteiger partial charge on any atom is -0.489 e. The van der Waals surface area contributed by atoms with Crippen LogP contribution in [0.3, 0.4) is 0 Å². The van der Waals surface area contributed by atoms with Crippen LogP contribution in [0, 0.1) is 5.82 Å². The van der Waals surface area contributed by atoms with Crippen molar-refractivity contribution in [3.05, 3.63) is 95.1 Å². The number of rotatable bonds is 8. The smallest absolute Gasteiger partial charge is 0.124 e. The van der Waals surface area contributed by atoms with Crippen molar-refractivity contribution in [3.8, 4) is 5.75 Å². The molecule has 3 aromatic rings. The highest BCUT2D eigenvalue weighted by Gasteiger charge is 2.28. The Morgan fingerprint density at radius 3 is 2.74 bits per heavy atom. The van der Waals surface area contributed by atoms with Gasteiger partial charge < -0.3 is 9.64 Å². The van der Waals surface area contributed by atoms with Gasteiger partial charge in [0.1, 0.15) is 18.2 Å². The lowest BCUT2D eigenvalue weighted by Crippen LogP contribution is -2.24. The van der Waals surface area contributed by atoms with E-state index in [-0.39, 0.29) is 5.82 Å². The molecule has 0 unspecified atom stereocenters. The lowest BCUT2D eigenvalue weighted by atomic mass is 10.1. The largest absolute Gasteiger partial charge is 0.489 e. The molecule has 0 amide bonds. The molecule has 2 heterocycles. The molecular weight excluding hydrogens is 389 g/mol. The Balaban J connectivity index is 1.47. The summed E-state index contributed by atoms with van der Waals surface area (Å²) in [5.74, 6) is 0.616. The zero-order valence-electron chi connectivity index (χ0n) is 18.3. The molecule has 0 saturated carbocycles. The van der Waals surface area contributed by atoms with E-state index in [1.807, 2.05) is 24.3 Å². The van der Waals surface area contributed by atoms with Gasteiger partial charge in [0.2, 0.25) is 0 Å². The minimum absolute atomic E-state index is 0.238. The molecule has 0 aliphatic carbocycles. The first-order chi connectivity index (χ1) is 15.1. The van der Waals surface area contributed by atoms with Crippen molar-refractivity contribution in [2.45, 2.75) is 38.6 Å². The number of hydrogen-bond donors (Lipinski definition) is 0. The van der Waals surface area contributed by atoms with E-state index in [0.29, 0.717) is 12.6 Å². The van der Waals surface area contributed by atoms with E-state index in [4.69, 9.17) is 9.72 Å². The molecular formula is C26H30FN3O. The SMILES string of the molecule is CN(C)Cc1cccc([C@H]2CCCN2Cc2ccccc2OCc2cccc(F)c2)n1. The summed E-state index contributed by atoms with van der Waals surface area (Å²) in [6.07, 6.45) is 2.28. The van der Waals surface area contributed by atoms with Crippen LogP contribution in [0.5, 0.6) is 5.75 Å². The molecule has 1 aliphatic heterocycles. The predicted octanol–water partition coefficient (Wildman–Crippen LogP) is 5.20. The summed E-state index contributed by atoms with van der Waals surface area (Å²) in [6, 6.07) is 21.4. The Kier molecular flexibility index (Phi) is 6.95. The van der Waals surface area contributed by atoms with Crippen LogP contribution in [0.1, 0.15) is 41.4 Å². The number of likely N-dealkylation sites (tertiary alicyclic amines) is 1. The topological polar surface area (TPSA) is 28.6 Å². The van der Waals surface area contributed by atoms with Crippen LogP contribution < -0.4 is 4.74 Å². The number of pyridine rings is 1. The number of halogens is 1. The summed E-state index contributed by atoms with van der Waals surface area (Å²) in [5, 5.41) is 0. The van der Waals surface area contributed by atoms with Crippen molar-refractivity contribution in [3.63, 3.8) is 0 Å². The molecule has 1 aliphatic rings. The van der Waals surface area contributed by atoms with Gasteiger partial charge in [-0.05, 0) is 69.4 Å². The molecule has 0 spiro atoms. The van der Waals surface area contributed by atoms with E-state index in [2.05, 4.69) is 48.2 Å². The quantitative estimate of drug-likeness (QED) is 0.502. The van der Waals surface area contributed by atoms with Gasteiger partial charge in [-0.3, -0.25) is 9.88 Å². The first kappa shape index (κ1) is 21.5. The van der Waals surface area contributed by atoms with E-state index in [1.165, 1.54) is 12.1 Å². The summed E-state index contributed by atoms with van der Waals surface area (Å²) >= 11 is 0. The van der Waals surface area contributed by atoms with Gasteiger partial charge in [0, 0.05) is 18.7 Å². The summed E-state index contributed by atoms with van der Waals surface area (Å²) in [5.41, 5.74) is 4.23. The molecule has 0 radical (unpaired) electrons. The molecule has 0 bridgehead atoms. The second-order valence-electron chi connectivity index (χ2n) is 8.45. The van der Waals surface area contributed by atoms with Gasteiger partial charge in [-0.25, -0.2) is 4.39 Å². The van der Waals surface area contributed by atoms with Crippen LogP contribution in [0.25, 0.3) is 0 Å². The highest BCUT2D eigenvalue weighted by Crippen LogP contribution is 2.34. The standard InChI is InChI=1S/C26H30FN3O/c1-29(2)18-23-11-6-12-24(28-23)25-13-7-15-30(25)17-21-9-3-4-14-26(21)31-19-20-8-5-10-22(27)16-20/h3-6,8-12,14,16,25H,7,13,15,17-19H2,1-2H3/t25-/m1/s1. The number of hydrogen-bond acceptors (Lipinski definition) is 4. The molecule has 1 saturated heterocycles. The van der Waals surface area contributed by atoms with E-state index in [9.17, 15) is 4.39 Å². The third kappa shape index (κ3) is 5.69. The van der Waals surface area contributed by atoms with Crippen molar-refractivity contribution >= 4 is 0 Å². The zero-order chi connectivity index (χ0) is 21.6. The van der Waals surface area contributed by atoms with Crippen molar-refractivity contribution in [1.82, 2.24) is 14.8 Å². The number of nitrogens with zero attached hydrogens (tertiary/aromatic N) is 3. The van der Waals surface area contributed by atoms with Crippen LogP contribution in [0.4, 0.5) is 4.39 Å². The molecule has 1 aromatic heterocycles. The molecule has 4 rings (SSSR count). The maximum absolute atomic E-state index is 13.5. The lowest BCUT2D eigenvalue weighted by molar-refractivity contribution is 0.234. The van der Waals surface area contributed by atoms with Crippen molar-refractivity contribution in [2.24, 2.45) is 0 Å². The Morgan fingerprint density at radius 1 is 1.06 bits per heavy atom. The van der Waals surface area contributed by atoms with Crippen LogP contribution in [0.2, 0.25) is 0 Å². The first-order valence-electron chi connectivity index (χ1n) is 10.9. The molecule has 5 heteroatoms. The monoisotopic (exact) mass is 419 g/mol. The summed E-state index contributed by atoms with van der Waals surface area (Å²) in [6.45, 7) is 3.05. The van der Waals surface area contributed by atoms with Crippen LogP contribution >= 0.6 is 0 Å². The highest BCUT2D eigenvalue weighted by atomic mass is 19.1. The number of aromatic nitrogens is 1. The van der Waals surface area contributed by atoms with Crippen molar-refractivity contribution in [2.75, 3.05) is 20.6 Å². The minimum atomic E-state index is -0.238. The molecule has 1 fully saturated rings. The summed E-state index contributed by atoms with van der Waals surface area (Å²) in [4.78, 5) is 9.58. The Bertz CT molecular complexity index is 1010. The maximum Gasteiger partial charge on any atom is 0.124 e. The average Bonchev–Trinajstić information content (AvgIpc) is 3.21. The number of para-hydroxylation sites is 1. The summed E-state index contributed by atoms with van der Waals surface area (Å²) < 4.78 is 19.6. The molecule has 162 valence electrons. The fourth-order valence-corrected chi connectivity index (χ4v) is 4.23. The van der Waals surface area contributed by atoms with Gasteiger partial charge in [0.05, 0.1) is 17.4 Å². The molecule has 2 aromatic carbocycles. The van der Waals surface area contributed by atoms with Gasteiger partial charge in [0.15, 0.2) is 0 Å². The van der Waals surface area contributed by atoms with Crippen molar-refractivity contribution in [1.29, 1.82) is 0 Å². The fraction of sp³-hybridized carbons (Fsp3) is 0.346. The third-order valence-corrected chi connectivity index (χ3v) is 5.64. The van der Waals surface area contributed by atoms with Crippen LogP contribution in [0.15, 0.2) is 66.7 Å². The lowest BCUT2D eigenvalue weighted by Gasteiger charge is -2.25. The van der Waals surface area contributed by atoms with E-state index >= 15 is 0 Å². The molecule has 4 nitrogen and oxygen atoms in total. The van der Waals surface area contributed by atoms with Crippen LogP contribution in [-0.4, -0.2) is 35.4 Å². The van der Waals surface area contributed by atoms with Gasteiger partial charge in [-0.1, -0.05) is 36.4 Å². The van der Waals surface area contributed by atoms with E-state index < -0.39 is 0 Å². The average molecular weight is 420 g/mol. The second kappa shape index (κ2) is 10.0. The highest BCUT2D eigenvalue weighted by molar-refractivity contribution is 5.34. The van der Waals surface area contributed by atoms with Crippen LogP contribution in [-0.2, 0) is 19.7 Å². The summed E-state index contributed by atoms with van der Waals surface area (Å²) in [7, 11) is 4.13. The predicted molar refractivity (Wildman–Crippen MR) is 121 cm³/mol. The van der Waals surface area contributed by atoms with Gasteiger partial charge >= 0.3 is 0 Å². The Labute approximate surface area is 184 Å². The fourth-order valence-electron chi connectivity index (χ4n) is 4.23. The molecule has 1 atom stereocenters. The Hall–Kier alpha value is -2.76. The van der Waals surface area contributed by atoms with Gasteiger partial charge in [-0.2, -0.15) is 0 Å². The van der Waals surface area contributed by atoms with Crippen molar-refractivity contribution < 1.29 is 9.13 Å². The number of ether oxygens (including phenoxy) is 1. The van der Waals surface area contributed by atoms with Gasteiger partial charge in [0.25, 0.3) is 0 Å². The maximum atomic E-state index is 13.5. The number of benzene rings is 2. The van der Waals surface area contributed by atoms with E-state index in [0.717, 1.165) is 60.7 Å². The zero-order valence-corrected chi connectivity index (χ0v) is 18.3. The first-order valence-corrected chi connectivity index (χ1v) is 10.9. The second-order valence-corrected chi connectivity index (χ2v) is 8.45. The van der Waals surface area contributed by atoms with Gasteiger partial charge in [-0.15, -0.1) is 0 Å².